The zero-order valence-electron chi connectivity index (χ0n) is 17.3. The second-order valence-electron chi connectivity index (χ2n) is 7.68. The molecule has 1 fully saturated rings. The molecule has 33 heavy (non-hydrogen) atoms. The van der Waals surface area contributed by atoms with Crippen LogP contribution >= 0.6 is 0 Å². The van der Waals surface area contributed by atoms with Crippen molar-refractivity contribution in [3.8, 4) is 5.75 Å². The van der Waals surface area contributed by atoms with Gasteiger partial charge in [-0.2, -0.15) is 0 Å². The van der Waals surface area contributed by atoms with Crippen molar-refractivity contribution in [1.29, 1.82) is 0 Å². The normalized spacial score (nSPS) is 20.6. The topological polar surface area (TPSA) is 120 Å². The van der Waals surface area contributed by atoms with Gasteiger partial charge in [0.2, 0.25) is 5.91 Å². The smallest absolute Gasteiger partial charge is 0.290 e. The molecule has 2 aliphatic heterocycles. The van der Waals surface area contributed by atoms with Crippen molar-refractivity contribution in [3.63, 3.8) is 0 Å². The first kappa shape index (κ1) is 21.9. The highest BCUT2D eigenvalue weighted by Crippen LogP contribution is 2.54. The molecule has 2 amide bonds. The SMILES string of the molecule is O=C(c1ccc(O)c(F)c1)N1CCC2(C(=O)Nc3ccccc32)C1c1cccnc1.O=CO. The zero-order chi connectivity index (χ0) is 23.6. The Hall–Kier alpha value is -4.27. The standard InChI is InChI=1S/C23H18FN3O3.CH2O2/c24-17-12-14(7-8-19(17)28)21(29)27-11-9-23(20(27)15-4-3-10-25-13-15)16-5-1-2-6-18(16)26-22(23)30;2-1-3/h1-8,10,12-13,20,28H,9,11H2,(H,26,30);1H,(H,2,3). The number of benzene rings is 2. The number of nitrogens with one attached hydrogen (secondary N) is 1. The number of carbonyl (C=O) groups is 3. The number of fused-ring (bicyclic) bond motifs is 2. The largest absolute Gasteiger partial charge is 0.505 e. The molecule has 1 aromatic heterocycles. The lowest BCUT2D eigenvalue weighted by molar-refractivity contribution is -0.123. The third-order valence-corrected chi connectivity index (χ3v) is 6.04. The van der Waals surface area contributed by atoms with Crippen LogP contribution in [-0.2, 0) is 15.0 Å². The molecule has 1 saturated heterocycles. The zero-order valence-corrected chi connectivity index (χ0v) is 17.3. The van der Waals surface area contributed by atoms with Gasteiger partial charge in [0, 0.05) is 30.2 Å². The van der Waals surface area contributed by atoms with E-state index in [1.54, 1.807) is 23.4 Å². The summed E-state index contributed by atoms with van der Waals surface area (Å²) in [5, 5.41) is 19.3. The number of aromatic hydroxyl groups is 1. The molecular weight excluding hydrogens is 429 g/mol. The lowest BCUT2D eigenvalue weighted by Crippen LogP contribution is -2.42. The minimum atomic E-state index is -0.954. The lowest BCUT2D eigenvalue weighted by Gasteiger charge is -2.34. The van der Waals surface area contributed by atoms with E-state index in [0.717, 1.165) is 28.9 Å². The first-order valence-electron chi connectivity index (χ1n) is 10.1. The molecule has 5 rings (SSSR count). The van der Waals surface area contributed by atoms with Gasteiger partial charge in [0.1, 0.15) is 5.41 Å². The Kier molecular flexibility index (Phi) is 5.78. The maximum atomic E-state index is 13.9. The number of hydrogen-bond acceptors (Lipinski definition) is 5. The summed E-state index contributed by atoms with van der Waals surface area (Å²) in [4.78, 5) is 40.8. The van der Waals surface area contributed by atoms with E-state index in [0.29, 0.717) is 13.0 Å². The Morgan fingerprint density at radius 3 is 2.67 bits per heavy atom. The Balaban J connectivity index is 0.000000821. The van der Waals surface area contributed by atoms with Crippen LogP contribution in [0.25, 0.3) is 0 Å². The van der Waals surface area contributed by atoms with Crippen molar-refractivity contribution < 1.29 is 29.0 Å². The molecule has 8 nitrogen and oxygen atoms in total. The van der Waals surface area contributed by atoms with Crippen LogP contribution in [0, 0.1) is 5.82 Å². The summed E-state index contributed by atoms with van der Waals surface area (Å²) < 4.78 is 13.9. The third kappa shape index (κ3) is 3.57. The van der Waals surface area contributed by atoms with E-state index in [4.69, 9.17) is 9.90 Å². The molecule has 2 unspecified atom stereocenters. The molecule has 0 radical (unpaired) electrons. The second kappa shape index (κ2) is 8.70. The molecule has 3 heterocycles. The molecule has 0 saturated carbocycles. The highest BCUT2D eigenvalue weighted by molar-refractivity contribution is 6.08. The van der Waals surface area contributed by atoms with Gasteiger partial charge in [0.05, 0.1) is 6.04 Å². The van der Waals surface area contributed by atoms with E-state index in [-0.39, 0.29) is 17.9 Å². The number of halogens is 1. The van der Waals surface area contributed by atoms with Crippen molar-refractivity contribution in [3.05, 3.63) is 89.5 Å². The molecule has 2 atom stereocenters. The maximum absolute atomic E-state index is 13.9. The minimum absolute atomic E-state index is 0.114. The van der Waals surface area contributed by atoms with E-state index in [1.165, 1.54) is 6.07 Å². The fourth-order valence-electron chi connectivity index (χ4n) is 4.71. The van der Waals surface area contributed by atoms with Crippen LogP contribution in [0.5, 0.6) is 5.75 Å². The number of anilines is 1. The van der Waals surface area contributed by atoms with Crippen LogP contribution in [0.1, 0.15) is 33.9 Å². The molecule has 168 valence electrons. The highest BCUT2D eigenvalue weighted by atomic mass is 19.1. The number of pyridine rings is 1. The molecule has 1 spiro atoms. The number of phenols is 1. The Labute approximate surface area is 188 Å². The van der Waals surface area contributed by atoms with E-state index in [1.807, 2.05) is 30.3 Å². The van der Waals surface area contributed by atoms with E-state index >= 15 is 0 Å². The maximum Gasteiger partial charge on any atom is 0.290 e. The van der Waals surface area contributed by atoms with E-state index < -0.39 is 28.9 Å². The average molecular weight is 449 g/mol. The lowest BCUT2D eigenvalue weighted by atomic mass is 9.73. The second-order valence-corrected chi connectivity index (χ2v) is 7.68. The molecule has 3 N–H and O–H groups in total. The van der Waals surface area contributed by atoms with Gasteiger partial charge >= 0.3 is 0 Å². The predicted octanol–water partition coefficient (Wildman–Crippen LogP) is 3.10. The first-order chi connectivity index (χ1) is 15.9. The predicted molar refractivity (Wildman–Crippen MR) is 116 cm³/mol. The summed E-state index contributed by atoms with van der Waals surface area (Å²) in [5.74, 6) is -1.95. The number of hydrogen-bond donors (Lipinski definition) is 3. The molecule has 3 aromatic rings. The Morgan fingerprint density at radius 1 is 1.21 bits per heavy atom. The first-order valence-corrected chi connectivity index (χ1v) is 10.1. The van der Waals surface area contributed by atoms with E-state index in [9.17, 15) is 19.1 Å². The molecule has 2 aromatic carbocycles. The van der Waals surface area contributed by atoms with Crippen LogP contribution in [-0.4, -0.2) is 44.9 Å². The highest BCUT2D eigenvalue weighted by Gasteiger charge is 2.59. The van der Waals surface area contributed by atoms with Gasteiger partial charge in [-0.3, -0.25) is 19.4 Å². The number of para-hydroxylation sites is 1. The van der Waals surface area contributed by atoms with Crippen LogP contribution in [0.15, 0.2) is 67.0 Å². The number of aromatic nitrogens is 1. The number of amides is 2. The minimum Gasteiger partial charge on any atom is -0.505 e. The van der Waals surface area contributed by atoms with Gasteiger partial charge in [-0.1, -0.05) is 24.3 Å². The van der Waals surface area contributed by atoms with Gasteiger partial charge in [-0.25, -0.2) is 4.39 Å². The summed E-state index contributed by atoms with van der Waals surface area (Å²) >= 11 is 0. The van der Waals surface area contributed by atoms with Crippen LogP contribution in [0.2, 0.25) is 0 Å². The van der Waals surface area contributed by atoms with Gasteiger partial charge in [-0.05, 0) is 47.9 Å². The van der Waals surface area contributed by atoms with Crippen molar-refractivity contribution in [2.75, 3.05) is 11.9 Å². The molecule has 0 bridgehead atoms. The molecule has 9 heteroatoms. The van der Waals surface area contributed by atoms with Crippen molar-refractivity contribution in [1.82, 2.24) is 9.88 Å². The monoisotopic (exact) mass is 449 g/mol. The Bertz CT molecular complexity index is 1220. The third-order valence-electron chi connectivity index (χ3n) is 6.04. The summed E-state index contributed by atoms with van der Waals surface area (Å²) in [6.45, 7) is 0.0721. The van der Waals surface area contributed by atoms with Gasteiger partial charge in [0.15, 0.2) is 11.6 Å². The van der Waals surface area contributed by atoms with Gasteiger partial charge in [0.25, 0.3) is 12.4 Å². The van der Waals surface area contributed by atoms with Crippen LogP contribution in [0.4, 0.5) is 10.1 Å². The quantitative estimate of drug-likeness (QED) is 0.517. The summed E-state index contributed by atoms with van der Waals surface area (Å²) in [6.07, 6.45) is 3.72. The number of rotatable bonds is 2. The van der Waals surface area contributed by atoms with Crippen molar-refractivity contribution in [2.45, 2.75) is 17.9 Å². The Morgan fingerprint density at radius 2 is 1.97 bits per heavy atom. The number of nitrogens with zero attached hydrogens (tertiary/aromatic N) is 2. The van der Waals surface area contributed by atoms with Gasteiger partial charge in [-0.15, -0.1) is 0 Å². The molecule has 2 aliphatic rings. The summed E-state index contributed by atoms with van der Waals surface area (Å²) in [5.41, 5.74) is 1.47. The van der Waals surface area contributed by atoms with Gasteiger partial charge < -0.3 is 20.4 Å². The van der Waals surface area contributed by atoms with E-state index in [2.05, 4.69) is 10.3 Å². The number of carbonyl (C=O) groups excluding carboxylic acids is 2. The average Bonchev–Trinajstić information content (AvgIpc) is 3.35. The van der Waals surface area contributed by atoms with Crippen LogP contribution < -0.4 is 5.32 Å². The van der Waals surface area contributed by atoms with Crippen LogP contribution in [0.3, 0.4) is 0 Å². The fourth-order valence-corrected chi connectivity index (χ4v) is 4.71. The summed E-state index contributed by atoms with van der Waals surface area (Å²) in [6, 6.07) is 14.1. The number of carboxylic acid groups (broad SMARTS) is 1. The van der Waals surface area contributed by atoms with Crippen molar-refractivity contribution in [2.24, 2.45) is 0 Å². The number of phenolic OH excluding ortho intramolecular Hbond substituents is 1. The molecule has 0 aliphatic carbocycles. The fraction of sp³-hybridized carbons (Fsp3) is 0.167. The molecular formula is C24H20FN3O5. The number of likely N-dealkylation sites (tertiary alicyclic amines) is 1. The summed E-state index contributed by atoms with van der Waals surface area (Å²) in [7, 11) is 0. The van der Waals surface area contributed by atoms with Crippen molar-refractivity contribution >= 4 is 24.0 Å².